The summed E-state index contributed by atoms with van der Waals surface area (Å²) in [6.45, 7) is 6.19. The van der Waals surface area contributed by atoms with Crippen molar-refractivity contribution in [1.82, 2.24) is 15.2 Å². The Hall–Kier alpha value is -1.56. The second kappa shape index (κ2) is 8.89. The highest BCUT2D eigenvalue weighted by atomic mass is 32.2. The molecule has 1 aliphatic heterocycles. The molecule has 5 nitrogen and oxygen atoms in total. The molecule has 1 aromatic heterocycles. The molecule has 0 bridgehead atoms. The Kier molecular flexibility index (Phi) is 6.57. The molecule has 1 N–H and O–H groups in total. The van der Waals surface area contributed by atoms with Crippen molar-refractivity contribution in [2.45, 2.75) is 57.0 Å². The summed E-state index contributed by atoms with van der Waals surface area (Å²) >= 11 is 1.42. The molecule has 1 aliphatic carbocycles. The van der Waals surface area contributed by atoms with E-state index in [-0.39, 0.29) is 11.8 Å². The number of nitrogens with one attached hydrogen (secondary N) is 1. The summed E-state index contributed by atoms with van der Waals surface area (Å²) < 4.78 is 0. The molecular formula is C20H29N3O2S. The number of aromatic nitrogens is 1. The summed E-state index contributed by atoms with van der Waals surface area (Å²) in [6, 6.07) is 3.95. The third-order valence-corrected chi connectivity index (χ3v) is 6.72. The van der Waals surface area contributed by atoms with Gasteiger partial charge in [0, 0.05) is 25.3 Å². The average molecular weight is 376 g/mol. The minimum absolute atomic E-state index is 0.0599. The number of rotatable bonds is 5. The molecule has 142 valence electrons. The van der Waals surface area contributed by atoms with Crippen LogP contribution in [0.5, 0.6) is 0 Å². The zero-order chi connectivity index (χ0) is 18.5. The standard InChI is InChI=1S/C20H29N3O2S/c1-14-6-5-7-17(15(14)2)22-18(24)13-26-19-9-8-16(12-21-19)20(25)23-10-3-4-11-23/h8-9,12,14-15,17H,3-7,10-11,13H2,1-2H3,(H,22,24). The lowest BCUT2D eigenvalue weighted by molar-refractivity contribution is -0.120. The predicted octanol–water partition coefficient (Wildman–Crippen LogP) is 3.35. The van der Waals surface area contributed by atoms with Gasteiger partial charge in [0.05, 0.1) is 16.3 Å². The third-order valence-electron chi connectivity index (χ3n) is 5.78. The van der Waals surface area contributed by atoms with Gasteiger partial charge in [-0.1, -0.05) is 38.5 Å². The van der Waals surface area contributed by atoms with Crippen LogP contribution in [0, 0.1) is 11.8 Å². The second-order valence-electron chi connectivity index (χ2n) is 7.61. The Labute approximate surface area is 160 Å². The van der Waals surface area contributed by atoms with Crippen LogP contribution in [0.1, 0.15) is 56.3 Å². The van der Waals surface area contributed by atoms with Crippen molar-refractivity contribution >= 4 is 23.6 Å². The van der Waals surface area contributed by atoms with Gasteiger partial charge in [-0.2, -0.15) is 0 Å². The summed E-state index contributed by atoms with van der Waals surface area (Å²) in [4.78, 5) is 30.8. The molecule has 0 radical (unpaired) electrons. The van der Waals surface area contributed by atoms with E-state index in [9.17, 15) is 9.59 Å². The van der Waals surface area contributed by atoms with Crippen LogP contribution < -0.4 is 5.32 Å². The van der Waals surface area contributed by atoms with Gasteiger partial charge in [-0.25, -0.2) is 4.98 Å². The SMILES string of the molecule is CC1CCCC(NC(=O)CSc2ccc(C(=O)N3CCCC3)cn2)C1C. The minimum Gasteiger partial charge on any atom is -0.352 e. The zero-order valence-electron chi connectivity index (χ0n) is 15.7. The number of carbonyl (C=O) groups is 2. The molecule has 1 saturated carbocycles. The average Bonchev–Trinajstić information content (AvgIpc) is 3.18. The molecule has 3 atom stereocenters. The smallest absolute Gasteiger partial charge is 0.255 e. The van der Waals surface area contributed by atoms with Gasteiger partial charge in [0.25, 0.3) is 5.91 Å². The van der Waals surface area contributed by atoms with Crippen molar-refractivity contribution in [1.29, 1.82) is 0 Å². The molecule has 3 unspecified atom stereocenters. The molecule has 0 spiro atoms. The third kappa shape index (κ3) is 4.78. The fourth-order valence-corrected chi connectivity index (χ4v) is 4.52. The van der Waals surface area contributed by atoms with Gasteiger partial charge in [-0.3, -0.25) is 9.59 Å². The van der Waals surface area contributed by atoms with E-state index in [0.29, 0.717) is 29.2 Å². The highest BCUT2D eigenvalue weighted by molar-refractivity contribution is 7.99. The summed E-state index contributed by atoms with van der Waals surface area (Å²) in [5.41, 5.74) is 0.630. The van der Waals surface area contributed by atoms with Gasteiger partial charge < -0.3 is 10.2 Å². The lowest BCUT2D eigenvalue weighted by Crippen LogP contribution is -2.44. The highest BCUT2D eigenvalue weighted by Crippen LogP contribution is 2.29. The number of carbonyl (C=O) groups excluding carboxylic acids is 2. The maximum Gasteiger partial charge on any atom is 0.255 e. The van der Waals surface area contributed by atoms with Crippen LogP contribution in [-0.4, -0.2) is 46.6 Å². The van der Waals surface area contributed by atoms with E-state index in [4.69, 9.17) is 0 Å². The molecule has 26 heavy (non-hydrogen) atoms. The van der Waals surface area contributed by atoms with Crippen LogP contribution in [0.2, 0.25) is 0 Å². The second-order valence-corrected chi connectivity index (χ2v) is 8.61. The van der Waals surface area contributed by atoms with Gasteiger partial charge in [-0.05, 0) is 43.2 Å². The van der Waals surface area contributed by atoms with E-state index < -0.39 is 0 Å². The van der Waals surface area contributed by atoms with Crippen LogP contribution in [0.25, 0.3) is 0 Å². The van der Waals surface area contributed by atoms with E-state index in [1.165, 1.54) is 24.6 Å². The van der Waals surface area contributed by atoms with Crippen molar-refractivity contribution in [2.75, 3.05) is 18.8 Å². The van der Waals surface area contributed by atoms with Crippen LogP contribution in [0.4, 0.5) is 0 Å². The van der Waals surface area contributed by atoms with E-state index in [0.717, 1.165) is 37.4 Å². The Morgan fingerprint density at radius 1 is 1.19 bits per heavy atom. The number of amides is 2. The fourth-order valence-electron chi connectivity index (χ4n) is 3.87. The number of hydrogen-bond donors (Lipinski definition) is 1. The molecular weight excluding hydrogens is 346 g/mol. The van der Waals surface area contributed by atoms with Crippen molar-refractivity contribution < 1.29 is 9.59 Å². The van der Waals surface area contributed by atoms with E-state index in [1.54, 1.807) is 6.20 Å². The van der Waals surface area contributed by atoms with Crippen LogP contribution in [0.15, 0.2) is 23.4 Å². The molecule has 6 heteroatoms. The number of likely N-dealkylation sites (tertiary alicyclic amines) is 1. The molecule has 2 heterocycles. The first-order valence-corrected chi connectivity index (χ1v) is 10.7. The first-order chi connectivity index (χ1) is 12.5. The first-order valence-electron chi connectivity index (χ1n) is 9.72. The first kappa shape index (κ1) is 19.2. The van der Waals surface area contributed by atoms with Gasteiger partial charge >= 0.3 is 0 Å². The van der Waals surface area contributed by atoms with Crippen molar-refractivity contribution in [3.63, 3.8) is 0 Å². The number of thioether (sulfide) groups is 1. The van der Waals surface area contributed by atoms with Crippen LogP contribution in [-0.2, 0) is 4.79 Å². The Balaban J connectivity index is 1.47. The van der Waals surface area contributed by atoms with E-state index in [2.05, 4.69) is 24.1 Å². The Bertz CT molecular complexity index is 628. The molecule has 3 rings (SSSR count). The molecule has 2 amide bonds. The van der Waals surface area contributed by atoms with Crippen molar-refractivity contribution in [3.05, 3.63) is 23.9 Å². The van der Waals surface area contributed by atoms with E-state index >= 15 is 0 Å². The summed E-state index contributed by atoms with van der Waals surface area (Å²) in [7, 11) is 0. The highest BCUT2D eigenvalue weighted by Gasteiger charge is 2.28. The Morgan fingerprint density at radius 3 is 2.65 bits per heavy atom. The monoisotopic (exact) mass is 375 g/mol. The molecule has 2 fully saturated rings. The summed E-state index contributed by atoms with van der Waals surface area (Å²) in [5, 5.41) is 3.97. The topological polar surface area (TPSA) is 62.3 Å². The molecule has 1 saturated heterocycles. The Morgan fingerprint density at radius 2 is 1.96 bits per heavy atom. The summed E-state index contributed by atoms with van der Waals surface area (Å²) in [6.07, 6.45) is 7.33. The van der Waals surface area contributed by atoms with Gasteiger partial charge in [0.2, 0.25) is 5.91 Å². The van der Waals surface area contributed by atoms with Gasteiger partial charge in [0.15, 0.2) is 0 Å². The quantitative estimate of drug-likeness (QED) is 0.802. The molecule has 0 aromatic carbocycles. The fraction of sp³-hybridized carbons (Fsp3) is 0.650. The maximum atomic E-state index is 12.3. The number of nitrogens with zero attached hydrogens (tertiary/aromatic N) is 2. The lowest BCUT2D eigenvalue weighted by Gasteiger charge is -2.34. The maximum absolute atomic E-state index is 12.3. The molecule has 2 aliphatic rings. The lowest BCUT2D eigenvalue weighted by atomic mass is 9.78. The minimum atomic E-state index is 0.0599. The molecule has 1 aromatic rings. The van der Waals surface area contributed by atoms with Gasteiger partial charge in [-0.15, -0.1) is 0 Å². The largest absolute Gasteiger partial charge is 0.352 e. The van der Waals surface area contributed by atoms with Crippen molar-refractivity contribution in [3.8, 4) is 0 Å². The summed E-state index contributed by atoms with van der Waals surface area (Å²) in [5.74, 6) is 1.70. The normalized spacial score (nSPS) is 25.9. The van der Waals surface area contributed by atoms with Crippen LogP contribution >= 0.6 is 11.8 Å². The van der Waals surface area contributed by atoms with Crippen molar-refractivity contribution in [2.24, 2.45) is 11.8 Å². The van der Waals surface area contributed by atoms with Gasteiger partial charge in [0.1, 0.15) is 0 Å². The number of pyridine rings is 1. The zero-order valence-corrected chi connectivity index (χ0v) is 16.6. The predicted molar refractivity (Wildman–Crippen MR) is 104 cm³/mol. The number of hydrogen-bond acceptors (Lipinski definition) is 4. The van der Waals surface area contributed by atoms with E-state index in [1.807, 2.05) is 17.0 Å². The van der Waals surface area contributed by atoms with Crippen LogP contribution in [0.3, 0.4) is 0 Å².